The van der Waals surface area contributed by atoms with E-state index in [2.05, 4.69) is 200 Å². The van der Waals surface area contributed by atoms with Crippen LogP contribution in [-0.2, 0) is 5.41 Å². The Hall–Kier alpha value is -7.68. The molecule has 59 heavy (non-hydrogen) atoms. The highest BCUT2D eigenvalue weighted by molar-refractivity contribution is 6.19. The highest BCUT2D eigenvalue weighted by Gasteiger charge is 2.48. The number of fused-ring (bicyclic) bond motifs is 13. The van der Waals surface area contributed by atoms with Gasteiger partial charge in [-0.3, -0.25) is 0 Å². The molecule has 12 aromatic rings. The molecule has 0 fully saturated rings. The largest absolute Gasteiger partial charge is 0.456 e. The lowest BCUT2D eigenvalue weighted by atomic mass is 9.66. The fourth-order valence-corrected chi connectivity index (χ4v) is 10.5. The first kappa shape index (κ1) is 32.4. The van der Waals surface area contributed by atoms with E-state index in [9.17, 15) is 0 Å². The van der Waals surface area contributed by atoms with Crippen molar-refractivity contribution in [1.29, 1.82) is 0 Å². The third kappa shape index (κ3) is 4.46. The third-order valence-electron chi connectivity index (χ3n) is 12.9. The number of benzene rings is 10. The van der Waals surface area contributed by atoms with Crippen molar-refractivity contribution in [3.8, 4) is 33.4 Å². The first-order valence-electron chi connectivity index (χ1n) is 20.3. The quantitative estimate of drug-likeness (QED) is 0.179. The van der Waals surface area contributed by atoms with Gasteiger partial charge in [0, 0.05) is 26.9 Å². The van der Waals surface area contributed by atoms with Crippen molar-refractivity contribution in [1.82, 2.24) is 0 Å². The van der Waals surface area contributed by atoms with Crippen molar-refractivity contribution in [2.24, 2.45) is 0 Å². The second-order valence-corrected chi connectivity index (χ2v) is 15.9. The Morgan fingerprint density at radius 1 is 0.339 bits per heavy atom. The Balaban J connectivity index is 1.21. The van der Waals surface area contributed by atoms with Gasteiger partial charge >= 0.3 is 0 Å². The first-order valence-corrected chi connectivity index (χ1v) is 20.3. The van der Waals surface area contributed by atoms with Gasteiger partial charge in [-0.1, -0.05) is 164 Å². The van der Waals surface area contributed by atoms with E-state index in [0.29, 0.717) is 0 Å². The van der Waals surface area contributed by atoms with Gasteiger partial charge in [-0.15, -0.1) is 0 Å². The molecule has 10 aromatic carbocycles. The van der Waals surface area contributed by atoms with E-state index in [0.717, 1.165) is 66.0 Å². The van der Waals surface area contributed by atoms with E-state index in [-0.39, 0.29) is 0 Å². The second-order valence-electron chi connectivity index (χ2n) is 15.9. The molecule has 0 aliphatic heterocycles. The van der Waals surface area contributed by atoms with Gasteiger partial charge in [-0.2, -0.15) is 0 Å². The Kier molecular flexibility index (Phi) is 6.68. The molecule has 2 heteroatoms. The van der Waals surface area contributed by atoms with Crippen LogP contribution in [-0.4, -0.2) is 0 Å². The summed E-state index contributed by atoms with van der Waals surface area (Å²) in [6.45, 7) is 0. The molecule has 2 heterocycles. The molecule has 2 aromatic heterocycles. The smallest absolute Gasteiger partial charge is 0.143 e. The number of furan rings is 2. The van der Waals surface area contributed by atoms with Gasteiger partial charge < -0.3 is 8.83 Å². The number of hydrogen-bond acceptors (Lipinski definition) is 2. The van der Waals surface area contributed by atoms with Crippen molar-refractivity contribution in [2.45, 2.75) is 5.41 Å². The van der Waals surface area contributed by atoms with Crippen LogP contribution in [0, 0.1) is 0 Å². The fourth-order valence-electron chi connectivity index (χ4n) is 10.5. The van der Waals surface area contributed by atoms with E-state index < -0.39 is 5.41 Å². The zero-order chi connectivity index (χ0) is 38.7. The molecule has 0 saturated heterocycles. The fraction of sp³-hybridized carbons (Fsp3) is 0.0175. The molecule has 0 unspecified atom stereocenters. The summed E-state index contributed by atoms with van der Waals surface area (Å²) in [4.78, 5) is 0. The molecule has 0 N–H and O–H groups in total. The molecule has 0 radical (unpaired) electrons. The lowest BCUT2D eigenvalue weighted by molar-refractivity contribution is 0.669. The van der Waals surface area contributed by atoms with Crippen LogP contribution in [0.25, 0.3) is 98.8 Å². The second kappa shape index (κ2) is 12.2. The van der Waals surface area contributed by atoms with E-state index in [1.54, 1.807) is 0 Å². The summed E-state index contributed by atoms with van der Waals surface area (Å²) < 4.78 is 13.4. The molecular formula is C57H34O2. The predicted molar refractivity (Wildman–Crippen MR) is 244 cm³/mol. The standard InChI is InChI=1S/C57H34O2/c1-3-16-39(17-4-1)57(40-18-5-2-6-19-40)49-33-38(41-23-13-25-51-54(41)47-31-27-36-15-8-10-21-43(36)56(47)59-51)32-48(53(49)46-30-26-35-14-7-9-20-42(35)55(46)57)37-28-29-45-44-22-11-12-24-50(44)58-52(45)34-37/h1-34H. The van der Waals surface area contributed by atoms with Crippen LogP contribution < -0.4 is 0 Å². The summed E-state index contributed by atoms with van der Waals surface area (Å²) >= 11 is 0. The lowest BCUT2D eigenvalue weighted by Crippen LogP contribution is -2.29. The minimum absolute atomic E-state index is 0.634. The summed E-state index contributed by atoms with van der Waals surface area (Å²) in [6, 6.07) is 75.3. The maximum atomic E-state index is 6.78. The van der Waals surface area contributed by atoms with Gasteiger partial charge in [-0.05, 0) is 114 Å². The van der Waals surface area contributed by atoms with Crippen LogP contribution in [0.5, 0.6) is 0 Å². The van der Waals surface area contributed by atoms with E-state index >= 15 is 0 Å². The van der Waals surface area contributed by atoms with E-state index in [4.69, 9.17) is 8.83 Å². The minimum atomic E-state index is -0.634. The number of rotatable bonds is 4. The van der Waals surface area contributed by atoms with Crippen LogP contribution in [0.3, 0.4) is 0 Å². The van der Waals surface area contributed by atoms with Crippen LogP contribution >= 0.6 is 0 Å². The molecule has 0 amide bonds. The van der Waals surface area contributed by atoms with Gasteiger partial charge in [0.25, 0.3) is 0 Å². The highest BCUT2D eigenvalue weighted by atomic mass is 16.3. The summed E-state index contributed by atoms with van der Waals surface area (Å²) in [5.74, 6) is 0. The minimum Gasteiger partial charge on any atom is -0.456 e. The highest BCUT2D eigenvalue weighted by Crippen LogP contribution is 2.61. The normalized spacial score (nSPS) is 13.2. The molecule has 274 valence electrons. The van der Waals surface area contributed by atoms with Crippen LogP contribution in [0.2, 0.25) is 0 Å². The topological polar surface area (TPSA) is 26.3 Å². The molecule has 2 nitrogen and oxygen atoms in total. The Labute approximate surface area is 340 Å². The predicted octanol–water partition coefficient (Wildman–Crippen LogP) is 15.5. The average molecular weight is 751 g/mol. The van der Waals surface area contributed by atoms with Gasteiger partial charge in [0.05, 0.1) is 5.41 Å². The zero-order valence-corrected chi connectivity index (χ0v) is 31.9. The summed E-state index contributed by atoms with van der Waals surface area (Å²) in [7, 11) is 0. The zero-order valence-electron chi connectivity index (χ0n) is 31.9. The molecule has 0 spiro atoms. The number of para-hydroxylation sites is 1. The van der Waals surface area contributed by atoms with Crippen molar-refractivity contribution < 1.29 is 8.83 Å². The van der Waals surface area contributed by atoms with Crippen molar-refractivity contribution in [3.05, 3.63) is 229 Å². The Morgan fingerprint density at radius 2 is 0.966 bits per heavy atom. The van der Waals surface area contributed by atoms with Crippen LogP contribution in [0.1, 0.15) is 22.3 Å². The molecule has 1 aliphatic carbocycles. The maximum absolute atomic E-state index is 6.78. The summed E-state index contributed by atoms with van der Waals surface area (Å²) in [5, 5.41) is 9.25. The SMILES string of the molecule is c1ccc(C2(c3ccccc3)c3cc(-c4cccc5oc6c7ccccc7ccc6c45)cc(-c4ccc5c(c4)oc4ccccc45)c3-c3ccc4ccccc4c32)cc1. The lowest BCUT2D eigenvalue weighted by Gasteiger charge is -2.35. The molecule has 0 saturated carbocycles. The summed E-state index contributed by atoms with van der Waals surface area (Å²) in [6.07, 6.45) is 0. The molecule has 13 rings (SSSR count). The maximum Gasteiger partial charge on any atom is 0.143 e. The van der Waals surface area contributed by atoms with Gasteiger partial charge in [0.15, 0.2) is 0 Å². The Morgan fingerprint density at radius 3 is 1.76 bits per heavy atom. The van der Waals surface area contributed by atoms with Crippen molar-refractivity contribution in [3.63, 3.8) is 0 Å². The average Bonchev–Trinajstić information content (AvgIpc) is 3.98. The van der Waals surface area contributed by atoms with Gasteiger partial charge in [0.2, 0.25) is 0 Å². The molecule has 1 aliphatic rings. The van der Waals surface area contributed by atoms with Gasteiger partial charge in [-0.25, -0.2) is 0 Å². The van der Waals surface area contributed by atoms with Crippen molar-refractivity contribution in [2.75, 3.05) is 0 Å². The van der Waals surface area contributed by atoms with Crippen LogP contribution in [0.4, 0.5) is 0 Å². The van der Waals surface area contributed by atoms with E-state index in [1.165, 1.54) is 55.1 Å². The third-order valence-corrected chi connectivity index (χ3v) is 12.9. The van der Waals surface area contributed by atoms with Gasteiger partial charge in [0.1, 0.15) is 22.3 Å². The molecular weight excluding hydrogens is 717 g/mol. The first-order chi connectivity index (χ1) is 29.3. The Bertz CT molecular complexity index is 3620. The van der Waals surface area contributed by atoms with E-state index in [1.807, 2.05) is 6.07 Å². The molecule has 0 bridgehead atoms. The monoisotopic (exact) mass is 750 g/mol. The van der Waals surface area contributed by atoms with Crippen molar-refractivity contribution >= 4 is 65.4 Å². The number of hydrogen-bond donors (Lipinski definition) is 0. The van der Waals surface area contributed by atoms with Crippen LogP contribution in [0.15, 0.2) is 215 Å². The summed E-state index contributed by atoms with van der Waals surface area (Å²) in [5.41, 5.74) is 15.0. The molecule has 0 atom stereocenters.